The molecule has 3 aliphatic heterocycles. The Morgan fingerprint density at radius 2 is 1.71 bits per heavy atom. The molecule has 1 spiro atoms. The number of hydrogen-bond donors (Lipinski definition) is 2. The van der Waals surface area contributed by atoms with Crippen LogP contribution in [0.4, 0.5) is 11.4 Å². The molecule has 0 radical (unpaired) electrons. The van der Waals surface area contributed by atoms with E-state index in [0.717, 1.165) is 74.6 Å². The Balaban J connectivity index is 1.08. The predicted octanol–water partition coefficient (Wildman–Crippen LogP) is 5.17. The summed E-state index contributed by atoms with van der Waals surface area (Å²) in [5.41, 5.74) is 3.99. The van der Waals surface area contributed by atoms with Gasteiger partial charge in [0, 0.05) is 37.1 Å². The fraction of sp³-hybridized carbons (Fsp3) is 0.488. The first-order valence-electron chi connectivity index (χ1n) is 19.0. The lowest BCUT2D eigenvalue weighted by atomic mass is 9.86. The highest BCUT2D eigenvalue weighted by Crippen LogP contribution is 2.47. The average molecular weight is 723 g/mol. The molecule has 1 aromatic heterocycles. The van der Waals surface area contributed by atoms with Gasteiger partial charge in [0.05, 0.1) is 39.8 Å². The lowest BCUT2D eigenvalue weighted by molar-refractivity contribution is -0.122. The van der Waals surface area contributed by atoms with E-state index in [2.05, 4.69) is 113 Å². The molecule has 2 N–H and O–H groups in total. The number of anilines is 2. The molecule has 3 aromatic carbocycles. The number of nitrogens with zero attached hydrogens (tertiary/aromatic N) is 5. The molecule has 4 atom stereocenters. The van der Waals surface area contributed by atoms with Gasteiger partial charge in [0.1, 0.15) is 11.3 Å². The summed E-state index contributed by atoms with van der Waals surface area (Å²) in [6.07, 6.45) is 6.89. The second kappa shape index (κ2) is 15.5. The molecule has 0 saturated carbocycles. The topological polar surface area (TPSA) is 105 Å². The summed E-state index contributed by atoms with van der Waals surface area (Å²) < 4.78 is 14.4. The van der Waals surface area contributed by atoms with Gasteiger partial charge >= 0.3 is 0 Å². The van der Waals surface area contributed by atoms with Crippen molar-refractivity contribution in [2.75, 3.05) is 43.3 Å². The Kier molecular flexibility index (Phi) is 10.8. The minimum absolute atomic E-state index is 0.0647. The van der Waals surface area contributed by atoms with E-state index < -0.39 is 13.6 Å². The predicted molar refractivity (Wildman–Crippen MR) is 208 cm³/mol. The molecule has 0 bridgehead atoms. The van der Waals surface area contributed by atoms with Gasteiger partial charge in [-0.25, -0.2) is 0 Å². The number of para-hydroxylation sites is 1. The molecular formula is C41H54N6O4Si. The number of nitrogens with one attached hydrogen (secondary N) is 1. The summed E-state index contributed by atoms with van der Waals surface area (Å²) in [7, 11) is -0.292. The zero-order valence-corrected chi connectivity index (χ0v) is 32.1. The number of ether oxygens (including phenoxy) is 2. The normalized spacial score (nSPS) is 23.1. The van der Waals surface area contributed by atoms with Crippen LogP contribution in [0.25, 0.3) is 0 Å². The first kappa shape index (κ1) is 36.3. The largest absolute Gasteiger partial charge is 0.497 e. The molecule has 3 aliphatic rings. The minimum Gasteiger partial charge on any atom is -0.497 e. The van der Waals surface area contributed by atoms with Crippen molar-refractivity contribution in [3.05, 3.63) is 96.3 Å². The van der Waals surface area contributed by atoms with Gasteiger partial charge in [-0.1, -0.05) is 72.9 Å². The Morgan fingerprint density at radius 3 is 2.44 bits per heavy atom. The van der Waals surface area contributed by atoms with Crippen molar-refractivity contribution in [3.8, 4) is 5.75 Å². The number of carbonyl (C=O) groups excluding carboxylic acids is 1. The van der Waals surface area contributed by atoms with Gasteiger partial charge in [-0.05, 0) is 98.6 Å². The van der Waals surface area contributed by atoms with E-state index in [0.29, 0.717) is 24.5 Å². The van der Waals surface area contributed by atoms with Crippen molar-refractivity contribution in [1.82, 2.24) is 20.3 Å². The molecule has 52 heavy (non-hydrogen) atoms. The molecule has 0 unspecified atom stereocenters. The summed E-state index contributed by atoms with van der Waals surface area (Å²) in [5, 5.41) is 22.8. The number of benzene rings is 3. The maximum Gasteiger partial charge on any atom is 0.254 e. The average Bonchev–Trinajstić information content (AvgIpc) is 3.84. The number of aliphatic hydroxyl groups excluding tert-OH is 1. The maximum atomic E-state index is 14.3. The van der Waals surface area contributed by atoms with Crippen LogP contribution in [0, 0.1) is 5.92 Å². The van der Waals surface area contributed by atoms with Crippen molar-refractivity contribution >= 4 is 30.5 Å². The van der Waals surface area contributed by atoms with Gasteiger partial charge in [-0.15, -0.1) is 5.10 Å². The van der Waals surface area contributed by atoms with Crippen molar-refractivity contribution in [2.45, 2.75) is 88.4 Å². The van der Waals surface area contributed by atoms with Crippen molar-refractivity contribution < 1.29 is 19.4 Å². The summed E-state index contributed by atoms with van der Waals surface area (Å²) in [5.74, 6) is 1.45. The molecule has 4 heterocycles. The third-order valence-electron chi connectivity index (χ3n) is 12.0. The van der Waals surface area contributed by atoms with E-state index >= 15 is 0 Å². The number of aryl methyl sites for hydroxylation is 2. The summed E-state index contributed by atoms with van der Waals surface area (Å²) >= 11 is 0. The quantitative estimate of drug-likeness (QED) is 0.183. The van der Waals surface area contributed by atoms with Gasteiger partial charge in [-0.3, -0.25) is 14.4 Å². The zero-order chi connectivity index (χ0) is 36.3. The fourth-order valence-corrected chi connectivity index (χ4v) is 13.3. The van der Waals surface area contributed by atoms with Crippen LogP contribution in [0.2, 0.25) is 18.6 Å². The fourth-order valence-electron chi connectivity index (χ4n) is 9.21. The van der Waals surface area contributed by atoms with E-state index in [1.54, 1.807) is 7.11 Å². The third kappa shape index (κ3) is 7.16. The number of piperidine rings is 1. The van der Waals surface area contributed by atoms with Crippen LogP contribution in [0.5, 0.6) is 5.75 Å². The smallest absolute Gasteiger partial charge is 0.254 e. The lowest BCUT2D eigenvalue weighted by Crippen LogP contribution is -2.55. The van der Waals surface area contributed by atoms with E-state index in [-0.39, 0.29) is 24.7 Å². The van der Waals surface area contributed by atoms with E-state index in [4.69, 9.17) is 9.47 Å². The van der Waals surface area contributed by atoms with Gasteiger partial charge < -0.3 is 24.8 Å². The highest BCUT2D eigenvalue weighted by Gasteiger charge is 2.53. The molecule has 3 fully saturated rings. The van der Waals surface area contributed by atoms with Crippen LogP contribution in [-0.4, -0.2) is 85.3 Å². The highest BCUT2D eigenvalue weighted by atomic mass is 28.3. The number of aromatic nitrogens is 3. The van der Waals surface area contributed by atoms with Gasteiger partial charge in [0.25, 0.3) is 5.91 Å². The molecule has 1 amide bonds. The van der Waals surface area contributed by atoms with Crippen molar-refractivity contribution in [1.29, 1.82) is 0 Å². The number of amides is 1. The first-order valence-corrected chi connectivity index (χ1v) is 22.1. The van der Waals surface area contributed by atoms with Gasteiger partial charge in [-0.2, -0.15) is 0 Å². The number of methoxy groups -OCH3 is 1. The number of carbonyl (C=O) groups is 1. The van der Waals surface area contributed by atoms with E-state index in [1.807, 2.05) is 21.8 Å². The Hall–Kier alpha value is -4.03. The monoisotopic (exact) mass is 722 g/mol. The molecule has 3 saturated heterocycles. The van der Waals surface area contributed by atoms with Crippen LogP contribution < -0.4 is 25.0 Å². The summed E-state index contributed by atoms with van der Waals surface area (Å²) in [6.45, 7) is 10.4. The van der Waals surface area contributed by atoms with Crippen LogP contribution in [0.3, 0.4) is 0 Å². The standard InChI is InChI=1S/C41H54N6O4Si/c1-30-37(51-38(19-25-45-28-32(20-26-48)43-44-45)39(30)52(3,4)36-16-14-35(50-2)15-17-36)18-13-31-9-8-12-34(27-31)46-29-47(33-10-6-5-7-11-33)41(40(46)49)21-23-42-24-22-41/h5-12,14-17,27-28,30,37-39,42,48H,13,18-26,29H2,1-4H3/t30-,37+,38-,39+/m1/s1. The zero-order valence-electron chi connectivity index (χ0n) is 31.1. The number of rotatable bonds is 13. The molecule has 7 rings (SSSR count). The Labute approximate surface area is 309 Å². The minimum atomic E-state index is -2.00. The van der Waals surface area contributed by atoms with E-state index in [1.165, 1.54) is 10.8 Å². The number of aliphatic hydroxyl groups is 1. The Morgan fingerprint density at radius 1 is 0.962 bits per heavy atom. The van der Waals surface area contributed by atoms with Crippen molar-refractivity contribution in [2.24, 2.45) is 5.92 Å². The SMILES string of the molecule is COc1ccc([Si](C)(C)[C@H]2[C@H](C)[C@H](CCc3cccc(N4CN(c5ccccc5)C5(CCNCC5)C4=O)c3)O[C@@H]2CCn2cc(CCO)nn2)cc1. The Bertz CT molecular complexity index is 1790. The lowest BCUT2D eigenvalue weighted by Gasteiger charge is -2.39. The number of hydrogen-bond acceptors (Lipinski definition) is 8. The molecule has 10 nitrogen and oxygen atoms in total. The molecule has 4 aromatic rings. The third-order valence-corrected chi connectivity index (χ3v) is 16.4. The van der Waals surface area contributed by atoms with Gasteiger partial charge in [0.2, 0.25) is 0 Å². The second-order valence-corrected chi connectivity index (χ2v) is 20.1. The van der Waals surface area contributed by atoms with Crippen molar-refractivity contribution in [3.63, 3.8) is 0 Å². The van der Waals surface area contributed by atoms with E-state index in [9.17, 15) is 9.90 Å². The summed E-state index contributed by atoms with van der Waals surface area (Å²) in [4.78, 5) is 18.7. The van der Waals surface area contributed by atoms with Crippen LogP contribution in [0.1, 0.15) is 43.9 Å². The van der Waals surface area contributed by atoms with Crippen LogP contribution in [-0.2, 0) is 28.9 Å². The van der Waals surface area contributed by atoms with Gasteiger partial charge in [0.15, 0.2) is 0 Å². The molecular weight excluding hydrogens is 669 g/mol. The first-order chi connectivity index (χ1) is 25.2. The maximum absolute atomic E-state index is 14.3. The summed E-state index contributed by atoms with van der Waals surface area (Å²) in [6, 6.07) is 27.7. The highest BCUT2D eigenvalue weighted by molar-refractivity contribution is 6.91. The molecule has 0 aliphatic carbocycles. The molecule has 11 heteroatoms. The second-order valence-electron chi connectivity index (χ2n) is 15.4. The molecule has 276 valence electrons. The van der Waals surface area contributed by atoms with Crippen LogP contribution in [0.15, 0.2) is 85.1 Å². The van der Waals surface area contributed by atoms with Crippen LogP contribution >= 0.6 is 0 Å².